The van der Waals surface area contributed by atoms with Crippen LogP contribution >= 0.6 is 23.1 Å². The Morgan fingerprint density at radius 2 is 2.03 bits per heavy atom. The fourth-order valence-corrected chi connectivity index (χ4v) is 3.92. The molecule has 3 rings (SSSR count). The highest BCUT2D eigenvalue weighted by atomic mass is 32.2. The summed E-state index contributed by atoms with van der Waals surface area (Å²) in [7, 11) is 0. The molecule has 9 heteroatoms. The lowest BCUT2D eigenvalue weighted by atomic mass is 10.1. The number of carbonyl (C=O) groups is 2. The average molecular weight is 430 g/mol. The maximum absolute atomic E-state index is 12.5. The second-order valence-electron chi connectivity index (χ2n) is 6.39. The van der Waals surface area contributed by atoms with Gasteiger partial charge in [0.15, 0.2) is 5.82 Å². The summed E-state index contributed by atoms with van der Waals surface area (Å²) in [6.07, 6.45) is 0. The minimum absolute atomic E-state index is 0.0455. The number of rotatable bonds is 9. The SMILES string of the molecule is CCN(CC(=O)NCc1cccs1)C(=O)CSc1n[nH]c(-c2ccc(C)cc2)n1. The van der Waals surface area contributed by atoms with E-state index in [-0.39, 0.29) is 24.1 Å². The normalized spacial score (nSPS) is 10.7. The van der Waals surface area contributed by atoms with E-state index in [2.05, 4.69) is 20.5 Å². The van der Waals surface area contributed by atoms with Gasteiger partial charge in [0, 0.05) is 17.0 Å². The van der Waals surface area contributed by atoms with Crippen LogP contribution in [-0.2, 0) is 16.1 Å². The highest BCUT2D eigenvalue weighted by molar-refractivity contribution is 7.99. The molecule has 1 aromatic carbocycles. The van der Waals surface area contributed by atoms with Crippen molar-refractivity contribution < 1.29 is 9.59 Å². The molecule has 0 spiro atoms. The van der Waals surface area contributed by atoms with Crippen LogP contribution in [0.2, 0.25) is 0 Å². The molecular formula is C20H23N5O2S2. The van der Waals surface area contributed by atoms with Crippen LogP contribution in [0.4, 0.5) is 0 Å². The lowest BCUT2D eigenvalue weighted by Crippen LogP contribution is -2.41. The first-order valence-electron chi connectivity index (χ1n) is 9.24. The zero-order valence-corrected chi connectivity index (χ0v) is 18.0. The van der Waals surface area contributed by atoms with Crippen LogP contribution in [0.5, 0.6) is 0 Å². The van der Waals surface area contributed by atoms with Gasteiger partial charge in [-0.15, -0.1) is 16.4 Å². The van der Waals surface area contributed by atoms with Crippen molar-refractivity contribution in [3.05, 3.63) is 52.2 Å². The fraction of sp³-hybridized carbons (Fsp3) is 0.300. The Labute approximate surface area is 177 Å². The number of hydrogen-bond donors (Lipinski definition) is 2. The topological polar surface area (TPSA) is 91.0 Å². The lowest BCUT2D eigenvalue weighted by molar-refractivity contribution is -0.133. The predicted molar refractivity (Wildman–Crippen MR) is 116 cm³/mol. The van der Waals surface area contributed by atoms with Gasteiger partial charge in [-0.3, -0.25) is 14.7 Å². The number of H-pyrrole nitrogens is 1. The van der Waals surface area contributed by atoms with E-state index in [0.717, 1.165) is 10.4 Å². The zero-order chi connectivity index (χ0) is 20.6. The van der Waals surface area contributed by atoms with Gasteiger partial charge in [-0.05, 0) is 25.3 Å². The van der Waals surface area contributed by atoms with E-state index < -0.39 is 0 Å². The van der Waals surface area contributed by atoms with E-state index in [9.17, 15) is 9.59 Å². The Bertz CT molecular complexity index is 938. The summed E-state index contributed by atoms with van der Waals surface area (Å²) in [6, 6.07) is 11.9. The molecule has 0 aliphatic heterocycles. The number of hydrogen-bond acceptors (Lipinski definition) is 6. The van der Waals surface area contributed by atoms with Crippen LogP contribution in [-0.4, -0.2) is 50.7 Å². The van der Waals surface area contributed by atoms with E-state index >= 15 is 0 Å². The van der Waals surface area contributed by atoms with E-state index in [0.29, 0.717) is 24.1 Å². The smallest absolute Gasteiger partial charge is 0.239 e. The van der Waals surface area contributed by atoms with Crippen LogP contribution in [0.15, 0.2) is 46.9 Å². The Kier molecular flexibility index (Phi) is 7.42. The number of aromatic amines is 1. The van der Waals surface area contributed by atoms with E-state index in [1.807, 2.05) is 55.6 Å². The molecule has 7 nitrogen and oxygen atoms in total. The van der Waals surface area contributed by atoms with Gasteiger partial charge in [0.05, 0.1) is 18.8 Å². The van der Waals surface area contributed by atoms with Crippen molar-refractivity contribution in [2.75, 3.05) is 18.8 Å². The largest absolute Gasteiger partial charge is 0.350 e. The number of aromatic nitrogens is 3. The summed E-state index contributed by atoms with van der Waals surface area (Å²) in [5.41, 5.74) is 2.12. The van der Waals surface area contributed by atoms with Crippen molar-refractivity contribution in [2.24, 2.45) is 0 Å². The third-order valence-electron chi connectivity index (χ3n) is 4.22. The molecule has 0 atom stereocenters. The summed E-state index contributed by atoms with van der Waals surface area (Å²) in [4.78, 5) is 31.7. The number of nitrogens with one attached hydrogen (secondary N) is 2. The standard InChI is InChI=1S/C20H23N5O2S2/c1-3-25(12-17(26)21-11-16-5-4-10-28-16)18(27)13-29-20-22-19(23-24-20)15-8-6-14(2)7-9-15/h4-10H,3,11-13H2,1-2H3,(H,21,26)(H,22,23,24). The summed E-state index contributed by atoms with van der Waals surface area (Å²) in [5, 5.41) is 12.4. The number of amides is 2. The van der Waals surface area contributed by atoms with Gasteiger partial charge in [-0.2, -0.15) is 0 Å². The molecule has 2 heterocycles. The van der Waals surface area contributed by atoms with Crippen molar-refractivity contribution >= 4 is 34.9 Å². The zero-order valence-electron chi connectivity index (χ0n) is 16.3. The highest BCUT2D eigenvalue weighted by Crippen LogP contribution is 2.20. The number of thiophene rings is 1. The van der Waals surface area contributed by atoms with Crippen molar-refractivity contribution in [3.63, 3.8) is 0 Å². The van der Waals surface area contributed by atoms with Gasteiger partial charge in [0.25, 0.3) is 0 Å². The summed E-state index contributed by atoms with van der Waals surface area (Å²) in [5.74, 6) is 0.556. The molecule has 2 N–H and O–H groups in total. The Morgan fingerprint density at radius 1 is 1.24 bits per heavy atom. The Hall–Kier alpha value is -2.65. The predicted octanol–water partition coefficient (Wildman–Crippen LogP) is 3.10. The molecule has 0 unspecified atom stereocenters. The van der Waals surface area contributed by atoms with E-state index in [1.54, 1.807) is 11.3 Å². The van der Waals surface area contributed by atoms with Gasteiger partial charge < -0.3 is 10.2 Å². The van der Waals surface area contributed by atoms with Gasteiger partial charge >= 0.3 is 0 Å². The maximum atomic E-state index is 12.5. The van der Waals surface area contributed by atoms with Gasteiger partial charge in [-0.1, -0.05) is 47.7 Å². The minimum atomic E-state index is -0.168. The second-order valence-corrected chi connectivity index (χ2v) is 8.36. The molecule has 0 fully saturated rings. The van der Waals surface area contributed by atoms with Crippen LogP contribution in [0, 0.1) is 6.92 Å². The van der Waals surface area contributed by atoms with Crippen LogP contribution < -0.4 is 5.32 Å². The third-order valence-corrected chi connectivity index (χ3v) is 5.93. The van der Waals surface area contributed by atoms with Crippen molar-refractivity contribution in [2.45, 2.75) is 25.5 Å². The average Bonchev–Trinajstić information content (AvgIpc) is 3.41. The van der Waals surface area contributed by atoms with Gasteiger partial charge in [-0.25, -0.2) is 4.98 Å². The van der Waals surface area contributed by atoms with E-state index in [1.165, 1.54) is 22.2 Å². The van der Waals surface area contributed by atoms with Crippen LogP contribution in [0.3, 0.4) is 0 Å². The van der Waals surface area contributed by atoms with Crippen LogP contribution in [0.25, 0.3) is 11.4 Å². The molecule has 0 aliphatic carbocycles. The molecule has 2 amide bonds. The third kappa shape index (κ3) is 6.16. The molecule has 2 aromatic heterocycles. The highest BCUT2D eigenvalue weighted by Gasteiger charge is 2.17. The number of aryl methyl sites for hydroxylation is 1. The molecule has 3 aromatic rings. The van der Waals surface area contributed by atoms with E-state index in [4.69, 9.17) is 0 Å². The second kappa shape index (κ2) is 10.2. The molecule has 0 radical (unpaired) electrons. The lowest BCUT2D eigenvalue weighted by Gasteiger charge is -2.19. The first-order valence-corrected chi connectivity index (χ1v) is 11.1. The maximum Gasteiger partial charge on any atom is 0.239 e. The molecular weight excluding hydrogens is 406 g/mol. The summed E-state index contributed by atoms with van der Waals surface area (Å²) < 4.78 is 0. The number of thioether (sulfide) groups is 1. The summed E-state index contributed by atoms with van der Waals surface area (Å²) in [6.45, 7) is 4.88. The first kappa shape index (κ1) is 21.1. The van der Waals surface area contributed by atoms with Crippen LogP contribution in [0.1, 0.15) is 17.4 Å². The Morgan fingerprint density at radius 3 is 2.72 bits per heavy atom. The monoisotopic (exact) mass is 429 g/mol. The van der Waals surface area contributed by atoms with Gasteiger partial charge in [0.2, 0.25) is 17.0 Å². The summed E-state index contributed by atoms with van der Waals surface area (Å²) >= 11 is 2.84. The van der Waals surface area contributed by atoms with Crippen molar-refractivity contribution in [1.29, 1.82) is 0 Å². The number of benzene rings is 1. The molecule has 0 saturated heterocycles. The van der Waals surface area contributed by atoms with Crippen molar-refractivity contribution in [1.82, 2.24) is 25.4 Å². The quantitative estimate of drug-likeness (QED) is 0.510. The molecule has 0 aliphatic rings. The first-order chi connectivity index (χ1) is 14.0. The van der Waals surface area contributed by atoms with Crippen molar-refractivity contribution in [3.8, 4) is 11.4 Å². The molecule has 0 bridgehead atoms. The minimum Gasteiger partial charge on any atom is -0.350 e. The number of likely N-dealkylation sites (N-methyl/N-ethyl adjacent to an activating group) is 1. The Balaban J connectivity index is 1.48. The molecule has 0 saturated carbocycles. The van der Waals surface area contributed by atoms with Gasteiger partial charge in [0.1, 0.15) is 0 Å². The molecule has 29 heavy (non-hydrogen) atoms. The fourth-order valence-electron chi connectivity index (χ4n) is 2.57. The number of carbonyl (C=O) groups excluding carboxylic acids is 2. The number of nitrogens with zero attached hydrogens (tertiary/aromatic N) is 3. The molecule has 152 valence electrons.